The van der Waals surface area contributed by atoms with Gasteiger partial charge in [-0.2, -0.15) is 0 Å². The monoisotopic (exact) mass is 388 g/mol. The van der Waals surface area contributed by atoms with E-state index in [4.69, 9.17) is 16.3 Å². The lowest BCUT2D eigenvalue weighted by Crippen LogP contribution is -2.42. The summed E-state index contributed by atoms with van der Waals surface area (Å²) in [6.07, 6.45) is -1.04. The highest BCUT2D eigenvalue weighted by molar-refractivity contribution is 6.31. The number of anilines is 1. The molecule has 0 aromatic heterocycles. The molecule has 2 amide bonds. The maximum Gasteiger partial charge on any atom is 0.329 e. The van der Waals surface area contributed by atoms with Crippen LogP contribution in [0.3, 0.4) is 0 Å². The largest absolute Gasteiger partial charge is 0.451 e. The fourth-order valence-electron chi connectivity index (χ4n) is 2.22. The third-order valence-electron chi connectivity index (χ3n) is 3.86. The predicted octanol–water partition coefficient (Wildman–Crippen LogP) is 3.34. The summed E-state index contributed by atoms with van der Waals surface area (Å²) >= 11 is 5.93. The SMILES string of the molecule is Cc1ccc(Cl)cc1NC(=O)C(C)OC(=O)[C@H](C)NC(=O)c1ccccc1. The molecule has 2 N–H and O–H groups in total. The zero-order chi connectivity index (χ0) is 20.0. The molecule has 0 aliphatic rings. The van der Waals surface area contributed by atoms with Crippen LogP contribution < -0.4 is 10.6 Å². The molecular formula is C20H21ClN2O4. The number of ether oxygens (including phenoxy) is 1. The Morgan fingerprint density at radius 1 is 1.04 bits per heavy atom. The molecule has 6 nitrogen and oxygen atoms in total. The number of benzene rings is 2. The highest BCUT2D eigenvalue weighted by atomic mass is 35.5. The number of rotatable bonds is 6. The second-order valence-corrected chi connectivity index (χ2v) is 6.53. The van der Waals surface area contributed by atoms with Crippen LogP contribution in [0.5, 0.6) is 0 Å². The molecule has 2 aromatic rings. The lowest BCUT2D eigenvalue weighted by Gasteiger charge is -2.18. The van der Waals surface area contributed by atoms with E-state index in [-0.39, 0.29) is 0 Å². The van der Waals surface area contributed by atoms with Crippen LogP contribution in [0.25, 0.3) is 0 Å². The van der Waals surface area contributed by atoms with E-state index in [1.807, 2.05) is 6.92 Å². The van der Waals surface area contributed by atoms with Crippen LogP contribution >= 0.6 is 11.6 Å². The van der Waals surface area contributed by atoms with Crippen molar-refractivity contribution in [1.29, 1.82) is 0 Å². The second-order valence-electron chi connectivity index (χ2n) is 6.09. The highest BCUT2D eigenvalue weighted by Gasteiger charge is 2.24. The van der Waals surface area contributed by atoms with E-state index in [2.05, 4.69) is 10.6 Å². The van der Waals surface area contributed by atoms with Crippen LogP contribution in [-0.4, -0.2) is 29.9 Å². The van der Waals surface area contributed by atoms with Gasteiger partial charge < -0.3 is 15.4 Å². The summed E-state index contributed by atoms with van der Waals surface area (Å²) in [5.74, 6) is -1.59. The summed E-state index contributed by atoms with van der Waals surface area (Å²) in [5.41, 5.74) is 1.80. The molecule has 2 aromatic carbocycles. The minimum Gasteiger partial charge on any atom is -0.451 e. The molecule has 1 unspecified atom stereocenters. The fourth-order valence-corrected chi connectivity index (χ4v) is 2.39. The van der Waals surface area contributed by atoms with Crippen molar-refractivity contribution < 1.29 is 19.1 Å². The zero-order valence-electron chi connectivity index (χ0n) is 15.3. The molecule has 0 heterocycles. The number of carbonyl (C=O) groups excluding carboxylic acids is 3. The van der Waals surface area contributed by atoms with E-state index in [1.165, 1.54) is 13.8 Å². The van der Waals surface area contributed by atoms with Gasteiger partial charge in [-0.25, -0.2) is 4.79 Å². The summed E-state index contributed by atoms with van der Waals surface area (Å²) in [4.78, 5) is 36.5. The maximum absolute atomic E-state index is 12.3. The van der Waals surface area contributed by atoms with Crippen molar-refractivity contribution in [2.24, 2.45) is 0 Å². The number of carbonyl (C=O) groups is 3. The zero-order valence-corrected chi connectivity index (χ0v) is 16.0. The number of amides is 2. The van der Waals surface area contributed by atoms with Crippen molar-refractivity contribution in [3.05, 3.63) is 64.7 Å². The van der Waals surface area contributed by atoms with Crippen molar-refractivity contribution >= 4 is 35.1 Å². The summed E-state index contributed by atoms with van der Waals surface area (Å²) in [6, 6.07) is 12.7. The molecule has 0 spiro atoms. The van der Waals surface area contributed by atoms with Gasteiger partial charge in [-0.15, -0.1) is 0 Å². The van der Waals surface area contributed by atoms with E-state index >= 15 is 0 Å². The van der Waals surface area contributed by atoms with Gasteiger partial charge in [-0.1, -0.05) is 35.9 Å². The van der Waals surface area contributed by atoms with Gasteiger partial charge in [0.2, 0.25) is 0 Å². The Bertz CT molecular complexity index is 839. The Morgan fingerprint density at radius 3 is 2.37 bits per heavy atom. The molecule has 0 saturated heterocycles. The standard InChI is InChI=1S/C20H21ClN2O4/c1-12-9-10-16(21)11-17(12)23-18(24)14(3)27-20(26)13(2)22-19(25)15-7-5-4-6-8-15/h4-11,13-14H,1-3H3,(H,22,25)(H,23,24)/t13-,14?/m0/s1. The van der Waals surface area contributed by atoms with Gasteiger partial charge in [-0.05, 0) is 50.6 Å². The quantitative estimate of drug-likeness (QED) is 0.743. The van der Waals surface area contributed by atoms with Gasteiger partial charge in [0, 0.05) is 16.3 Å². The van der Waals surface area contributed by atoms with Crippen molar-refractivity contribution in [3.8, 4) is 0 Å². The molecule has 0 saturated carbocycles. The van der Waals surface area contributed by atoms with E-state index in [9.17, 15) is 14.4 Å². The highest BCUT2D eigenvalue weighted by Crippen LogP contribution is 2.20. The molecule has 2 rings (SSSR count). The van der Waals surface area contributed by atoms with Gasteiger partial charge in [0.15, 0.2) is 6.10 Å². The minimum atomic E-state index is -1.04. The average molecular weight is 389 g/mol. The molecule has 0 fully saturated rings. The van der Waals surface area contributed by atoms with Gasteiger partial charge in [0.25, 0.3) is 11.8 Å². The van der Waals surface area contributed by atoms with Crippen LogP contribution in [0.15, 0.2) is 48.5 Å². The van der Waals surface area contributed by atoms with Gasteiger partial charge in [-0.3, -0.25) is 9.59 Å². The van der Waals surface area contributed by atoms with Crippen LogP contribution in [0, 0.1) is 6.92 Å². The smallest absolute Gasteiger partial charge is 0.329 e. The van der Waals surface area contributed by atoms with Crippen molar-refractivity contribution in [1.82, 2.24) is 5.32 Å². The first-order chi connectivity index (χ1) is 12.8. The first kappa shape index (κ1) is 20.5. The molecule has 0 bridgehead atoms. The number of nitrogens with one attached hydrogen (secondary N) is 2. The maximum atomic E-state index is 12.3. The molecule has 142 valence electrons. The first-order valence-electron chi connectivity index (χ1n) is 8.41. The van der Waals surface area contributed by atoms with Crippen LogP contribution in [-0.2, 0) is 14.3 Å². The minimum absolute atomic E-state index is 0.397. The average Bonchev–Trinajstić information content (AvgIpc) is 2.65. The number of halogens is 1. The summed E-state index contributed by atoms with van der Waals surface area (Å²) in [7, 11) is 0. The molecule has 7 heteroatoms. The Kier molecular flexibility index (Phi) is 6.96. The first-order valence-corrected chi connectivity index (χ1v) is 8.79. The molecule has 0 aliphatic carbocycles. The molecule has 0 radical (unpaired) electrons. The Morgan fingerprint density at radius 2 is 1.70 bits per heavy atom. The Labute approximate surface area is 162 Å². The third kappa shape index (κ3) is 5.82. The van der Waals surface area contributed by atoms with E-state index in [0.717, 1.165) is 5.56 Å². The predicted molar refractivity (Wildman–Crippen MR) is 104 cm³/mol. The molecule has 0 aliphatic heterocycles. The van der Waals surface area contributed by atoms with Crippen molar-refractivity contribution in [2.45, 2.75) is 32.9 Å². The number of hydrogen-bond acceptors (Lipinski definition) is 4. The second kappa shape index (κ2) is 9.19. The normalized spacial score (nSPS) is 12.6. The van der Waals surface area contributed by atoms with Crippen molar-refractivity contribution in [3.63, 3.8) is 0 Å². The van der Waals surface area contributed by atoms with Crippen molar-refractivity contribution in [2.75, 3.05) is 5.32 Å². The molecule has 27 heavy (non-hydrogen) atoms. The third-order valence-corrected chi connectivity index (χ3v) is 4.09. The molecular weight excluding hydrogens is 368 g/mol. The van der Waals surface area contributed by atoms with Gasteiger partial charge in [0.05, 0.1) is 0 Å². The van der Waals surface area contributed by atoms with Gasteiger partial charge >= 0.3 is 5.97 Å². The topological polar surface area (TPSA) is 84.5 Å². The molecule has 2 atom stereocenters. The summed E-state index contributed by atoms with van der Waals surface area (Å²) in [5, 5.41) is 5.70. The van der Waals surface area contributed by atoms with Gasteiger partial charge in [0.1, 0.15) is 6.04 Å². The van der Waals surface area contributed by atoms with Crippen LogP contribution in [0.2, 0.25) is 5.02 Å². The van der Waals surface area contributed by atoms with E-state index < -0.39 is 29.9 Å². The number of esters is 1. The summed E-state index contributed by atoms with van der Waals surface area (Å²) < 4.78 is 5.15. The number of hydrogen-bond donors (Lipinski definition) is 2. The Balaban J connectivity index is 1.91. The lowest BCUT2D eigenvalue weighted by atomic mass is 10.2. The van der Waals surface area contributed by atoms with E-state index in [1.54, 1.807) is 48.5 Å². The Hall–Kier alpha value is -2.86. The van der Waals surface area contributed by atoms with Crippen LogP contribution in [0.4, 0.5) is 5.69 Å². The number of aryl methyl sites for hydroxylation is 1. The summed E-state index contributed by atoms with van der Waals surface area (Å²) in [6.45, 7) is 4.78. The fraction of sp³-hybridized carbons (Fsp3) is 0.250. The van der Waals surface area contributed by atoms with E-state index in [0.29, 0.717) is 16.3 Å². The lowest BCUT2D eigenvalue weighted by molar-refractivity contribution is -0.154. The van der Waals surface area contributed by atoms with Crippen LogP contribution in [0.1, 0.15) is 29.8 Å².